The monoisotopic (exact) mass is 294 g/mol. The van der Waals surface area contributed by atoms with Gasteiger partial charge >= 0.3 is 0 Å². The summed E-state index contributed by atoms with van der Waals surface area (Å²) in [6.45, 7) is 3.53. The molecule has 17 heavy (non-hydrogen) atoms. The van der Waals surface area contributed by atoms with Crippen LogP contribution in [0.15, 0.2) is 28.9 Å². The molecule has 2 rings (SSSR count). The Kier molecular flexibility index (Phi) is 3.97. The lowest BCUT2D eigenvalue weighted by atomic mass is 10.1. The number of aryl methyl sites for hydroxylation is 1. The highest BCUT2D eigenvalue weighted by Crippen LogP contribution is 2.30. The molecule has 0 aliphatic rings. The molecule has 0 aliphatic carbocycles. The molecular weight excluding hydrogens is 280 g/mol. The van der Waals surface area contributed by atoms with E-state index in [-0.39, 0.29) is 0 Å². The van der Waals surface area contributed by atoms with Crippen LogP contribution in [-0.2, 0) is 4.74 Å². The molecule has 0 aliphatic heterocycles. The fourth-order valence-electron chi connectivity index (χ4n) is 1.84. The van der Waals surface area contributed by atoms with E-state index in [9.17, 15) is 0 Å². The van der Waals surface area contributed by atoms with Gasteiger partial charge in [0, 0.05) is 35.1 Å². The number of pyridine rings is 1. The minimum atomic E-state index is 0.672. The Balaban J connectivity index is 2.45. The van der Waals surface area contributed by atoms with Crippen LogP contribution in [0.4, 0.5) is 5.82 Å². The van der Waals surface area contributed by atoms with Crippen molar-refractivity contribution in [2.45, 2.75) is 6.92 Å². The third-order valence-corrected chi connectivity index (χ3v) is 3.30. The van der Waals surface area contributed by atoms with E-state index in [1.807, 2.05) is 6.20 Å². The number of hydrogen-bond acceptors (Lipinski definition) is 3. The maximum absolute atomic E-state index is 5.03. The number of anilines is 1. The average Bonchev–Trinajstić information content (AvgIpc) is 2.33. The van der Waals surface area contributed by atoms with E-state index in [0.29, 0.717) is 6.61 Å². The van der Waals surface area contributed by atoms with Gasteiger partial charge < -0.3 is 10.1 Å². The van der Waals surface area contributed by atoms with Crippen LogP contribution in [0.3, 0.4) is 0 Å². The molecule has 0 saturated heterocycles. The minimum Gasteiger partial charge on any atom is -0.383 e. The molecule has 0 spiro atoms. The van der Waals surface area contributed by atoms with Gasteiger partial charge in [0.2, 0.25) is 0 Å². The van der Waals surface area contributed by atoms with E-state index >= 15 is 0 Å². The van der Waals surface area contributed by atoms with Crippen molar-refractivity contribution in [2.24, 2.45) is 0 Å². The maximum atomic E-state index is 5.03. The zero-order valence-corrected chi connectivity index (χ0v) is 11.5. The summed E-state index contributed by atoms with van der Waals surface area (Å²) in [6.07, 6.45) is 1.83. The molecule has 0 atom stereocenters. The van der Waals surface area contributed by atoms with Crippen molar-refractivity contribution in [1.82, 2.24) is 4.98 Å². The van der Waals surface area contributed by atoms with Crippen LogP contribution < -0.4 is 5.32 Å². The Labute approximate surface area is 109 Å². The Morgan fingerprint density at radius 2 is 2.24 bits per heavy atom. The molecule has 1 heterocycles. The first-order valence-electron chi connectivity index (χ1n) is 5.50. The first-order valence-corrected chi connectivity index (χ1v) is 6.30. The molecule has 0 bridgehead atoms. The van der Waals surface area contributed by atoms with Crippen molar-refractivity contribution in [1.29, 1.82) is 0 Å². The largest absolute Gasteiger partial charge is 0.383 e. The summed E-state index contributed by atoms with van der Waals surface area (Å²) < 4.78 is 6.05. The molecule has 1 aromatic carbocycles. The van der Waals surface area contributed by atoms with Crippen LogP contribution in [0.25, 0.3) is 10.8 Å². The molecule has 1 N–H and O–H groups in total. The van der Waals surface area contributed by atoms with E-state index in [1.165, 1.54) is 10.9 Å². The lowest BCUT2D eigenvalue weighted by molar-refractivity contribution is 0.210. The van der Waals surface area contributed by atoms with E-state index in [1.54, 1.807) is 7.11 Å². The molecule has 0 unspecified atom stereocenters. The minimum absolute atomic E-state index is 0.672. The van der Waals surface area contributed by atoms with Gasteiger partial charge in [-0.3, -0.25) is 0 Å². The summed E-state index contributed by atoms with van der Waals surface area (Å²) in [5.74, 6) is 0.915. The van der Waals surface area contributed by atoms with Gasteiger partial charge in [0.25, 0.3) is 0 Å². The highest BCUT2D eigenvalue weighted by atomic mass is 79.9. The number of rotatable bonds is 4. The highest BCUT2D eigenvalue weighted by molar-refractivity contribution is 9.10. The third kappa shape index (κ3) is 2.58. The fraction of sp³-hybridized carbons (Fsp3) is 0.308. The van der Waals surface area contributed by atoms with Gasteiger partial charge in [0.05, 0.1) is 6.61 Å². The number of methoxy groups -OCH3 is 1. The SMILES string of the molecule is COCCNc1ncc(Br)c2cccc(C)c12. The fourth-order valence-corrected chi connectivity index (χ4v) is 2.27. The maximum Gasteiger partial charge on any atom is 0.134 e. The Hall–Kier alpha value is -1.13. The van der Waals surface area contributed by atoms with Gasteiger partial charge in [-0.1, -0.05) is 18.2 Å². The molecule has 1 aromatic heterocycles. The third-order valence-electron chi connectivity index (χ3n) is 2.67. The predicted molar refractivity (Wildman–Crippen MR) is 74.5 cm³/mol. The second kappa shape index (κ2) is 5.47. The molecule has 0 amide bonds. The number of nitrogens with zero attached hydrogens (tertiary/aromatic N) is 1. The van der Waals surface area contributed by atoms with Gasteiger partial charge in [-0.05, 0) is 28.4 Å². The van der Waals surface area contributed by atoms with Crippen LogP contribution >= 0.6 is 15.9 Å². The number of ether oxygens (including phenoxy) is 1. The van der Waals surface area contributed by atoms with Crippen molar-refractivity contribution in [3.63, 3.8) is 0 Å². The topological polar surface area (TPSA) is 34.1 Å². The van der Waals surface area contributed by atoms with Gasteiger partial charge in [-0.25, -0.2) is 4.98 Å². The van der Waals surface area contributed by atoms with Crippen LogP contribution in [-0.4, -0.2) is 25.2 Å². The molecular formula is C13H15BrN2O. The number of fused-ring (bicyclic) bond motifs is 1. The molecule has 0 radical (unpaired) electrons. The average molecular weight is 295 g/mol. The molecule has 0 fully saturated rings. The summed E-state index contributed by atoms with van der Waals surface area (Å²) in [7, 11) is 1.69. The highest BCUT2D eigenvalue weighted by Gasteiger charge is 2.07. The smallest absolute Gasteiger partial charge is 0.134 e. The summed E-state index contributed by atoms with van der Waals surface area (Å²) in [5.41, 5.74) is 1.22. The standard InChI is InChI=1S/C13H15BrN2O/c1-9-4-3-5-10-11(14)8-16-13(12(9)10)15-6-7-17-2/h3-5,8H,6-7H2,1-2H3,(H,15,16). The van der Waals surface area contributed by atoms with Crippen molar-refractivity contribution < 1.29 is 4.74 Å². The quantitative estimate of drug-likeness (QED) is 0.878. The Morgan fingerprint density at radius 1 is 1.41 bits per heavy atom. The van der Waals surface area contributed by atoms with Gasteiger partial charge in [-0.2, -0.15) is 0 Å². The molecule has 4 heteroatoms. The molecule has 90 valence electrons. The first-order chi connectivity index (χ1) is 8.24. The van der Waals surface area contributed by atoms with Crippen molar-refractivity contribution in [2.75, 3.05) is 25.6 Å². The summed E-state index contributed by atoms with van der Waals surface area (Å²) in [4.78, 5) is 4.43. The van der Waals surface area contributed by atoms with Crippen molar-refractivity contribution in [3.05, 3.63) is 34.4 Å². The van der Waals surface area contributed by atoms with E-state index < -0.39 is 0 Å². The predicted octanol–water partition coefficient (Wildman–Crippen LogP) is 3.36. The lowest BCUT2D eigenvalue weighted by Crippen LogP contribution is -2.09. The van der Waals surface area contributed by atoms with Gasteiger partial charge in [-0.15, -0.1) is 0 Å². The first kappa shape index (κ1) is 12.3. The number of nitrogens with one attached hydrogen (secondary N) is 1. The summed E-state index contributed by atoms with van der Waals surface area (Å²) >= 11 is 3.53. The lowest BCUT2D eigenvalue weighted by Gasteiger charge is -2.11. The van der Waals surface area contributed by atoms with Crippen molar-refractivity contribution in [3.8, 4) is 0 Å². The molecule has 2 aromatic rings. The number of halogens is 1. The van der Waals surface area contributed by atoms with Crippen LogP contribution in [0, 0.1) is 6.92 Å². The zero-order chi connectivity index (χ0) is 12.3. The number of benzene rings is 1. The Bertz CT molecular complexity index is 528. The van der Waals surface area contributed by atoms with E-state index in [0.717, 1.165) is 22.2 Å². The van der Waals surface area contributed by atoms with Gasteiger partial charge in [0.15, 0.2) is 0 Å². The molecule has 0 saturated carbocycles. The zero-order valence-electron chi connectivity index (χ0n) is 9.96. The van der Waals surface area contributed by atoms with Crippen LogP contribution in [0.5, 0.6) is 0 Å². The van der Waals surface area contributed by atoms with Crippen LogP contribution in [0.2, 0.25) is 0 Å². The second-order valence-corrected chi connectivity index (χ2v) is 4.73. The molecule has 3 nitrogen and oxygen atoms in total. The second-order valence-electron chi connectivity index (χ2n) is 3.87. The van der Waals surface area contributed by atoms with Gasteiger partial charge in [0.1, 0.15) is 5.82 Å². The summed E-state index contributed by atoms with van der Waals surface area (Å²) in [5, 5.41) is 5.64. The number of hydrogen-bond donors (Lipinski definition) is 1. The van der Waals surface area contributed by atoms with E-state index in [2.05, 4.69) is 51.4 Å². The normalized spacial score (nSPS) is 10.8. The van der Waals surface area contributed by atoms with Crippen molar-refractivity contribution >= 4 is 32.5 Å². The van der Waals surface area contributed by atoms with E-state index in [4.69, 9.17) is 4.74 Å². The Morgan fingerprint density at radius 3 is 3.00 bits per heavy atom. The summed E-state index contributed by atoms with van der Waals surface area (Å²) in [6, 6.07) is 6.24. The van der Waals surface area contributed by atoms with Crippen LogP contribution in [0.1, 0.15) is 5.56 Å². The number of aromatic nitrogens is 1.